The predicted octanol–water partition coefficient (Wildman–Crippen LogP) is 1.42. The highest BCUT2D eigenvalue weighted by Crippen LogP contribution is 2.15. The molecule has 0 N–H and O–H groups in total. The van der Waals surface area contributed by atoms with Gasteiger partial charge in [0.05, 0.1) is 19.8 Å². The second-order valence-corrected chi connectivity index (χ2v) is 2.94. The fraction of sp³-hybridized carbons (Fsp3) is 0.167. The van der Waals surface area contributed by atoms with E-state index in [1.54, 1.807) is 24.3 Å². The van der Waals surface area contributed by atoms with Crippen molar-refractivity contribution in [1.29, 1.82) is 0 Å². The Labute approximate surface area is 93.5 Å². The molecule has 1 aromatic rings. The maximum Gasteiger partial charge on any atom is 0.338 e. The summed E-state index contributed by atoms with van der Waals surface area (Å²) in [5, 5.41) is 0. The van der Waals surface area contributed by atoms with Crippen molar-refractivity contribution in [3.8, 4) is 0 Å². The summed E-state index contributed by atoms with van der Waals surface area (Å²) in [6.45, 7) is 0. The fourth-order valence-corrected chi connectivity index (χ4v) is 1.16. The van der Waals surface area contributed by atoms with Crippen molar-refractivity contribution in [2.45, 2.75) is 0 Å². The van der Waals surface area contributed by atoms with Crippen LogP contribution in [0.5, 0.6) is 0 Å². The number of ether oxygens (including phenoxy) is 2. The van der Waals surface area contributed by atoms with Gasteiger partial charge in [-0.05, 0) is 5.56 Å². The first-order chi connectivity index (χ1) is 7.69. The maximum absolute atomic E-state index is 11.5. The van der Waals surface area contributed by atoms with E-state index in [-0.39, 0.29) is 5.57 Å². The molecule has 0 radical (unpaired) electrons. The quantitative estimate of drug-likeness (QED) is 0.571. The molecule has 0 unspecified atom stereocenters. The summed E-state index contributed by atoms with van der Waals surface area (Å²) in [4.78, 5) is 22.6. The van der Waals surface area contributed by atoms with E-state index in [0.717, 1.165) is 6.08 Å². The Balaban J connectivity index is 3.11. The number of rotatable bonds is 3. The van der Waals surface area contributed by atoms with Crippen molar-refractivity contribution in [1.82, 2.24) is 0 Å². The molecule has 0 aliphatic heterocycles. The highest BCUT2D eigenvalue weighted by molar-refractivity contribution is 6.20. The fourth-order valence-electron chi connectivity index (χ4n) is 1.16. The number of carbonyl (C=O) groups excluding carboxylic acids is 2. The summed E-state index contributed by atoms with van der Waals surface area (Å²) in [5.41, 5.74) is 0.787. The van der Waals surface area contributed by atoms with Gasteiger partial charge in [-0.3, -0.25) is 0 Å². The Hall–Kier alpha value is -2.10. The number of hydrogen-bond acceptors (Lipinski definition) is 4. The Bertz CT molecular complexity index is 406. The molecule has 0 fully saturated rings. The molecule has 0 aliphatic rings. The first-order valence-electron chi connectivity index (χ1n) is 4.62. The minimum Gasteiger partial charge on any atom is -0.466 e. The van der Waals surface area contributed by atoms with Crippen LogP contribution in [0.3, 0.4) is 0 Å². The van der Waals surface area contributed by atoms with Gasteiger partial charge in [-0.25, -0.2) is 9.59 Å². The van der Waals surface area contributed by atoms with E-state index >= 15 is 0 Å². The lowest BCUT2D eigenvalue weighted by molar-refractivity contribution is -0.136. The smallest absolute Gasteiger partial charge is 0.338 e. The van der Waals surface area contributed by atoms with Gasteiger partial charge in [0.25, 0.3) is 0 Å². The highest BCUT2D eigenvalue weighted by atomic mass is 16.5. The van der Waals surface area contributed by atoms with Crippen LogP contribution in [0.4, 0.5) is 0 Å². The Kier molecular flexibility index (Phi) is 4.27. The second kappa shape index (κ2) is 5.70. The summed E-state index contributed by atoms with van der Waals surface area (Å²) in [6, 6.07) is 8.78. The minimum absolute atomic E-state index is 0.176. The topological polar surface area (TPSA) is 52.6 Å². The number of carbonyl (C=O) groups is 2. The van der Waals surface area contributed by atoms with Crippen LogP contribution in [0.2, 0.25) is 0 Å². The molecule has 0 aliphatic carbocycles. The molecule has 84 valence electrons. The highest BCUT2D eigenvalue weighted by Gasteiger charge is 2.13. The Morgan fingerprint density at radius 2 is 1.69 bits per heavy atom. The zero-order chi connectivity index (χ0) is 12.0. The molecule has 4 nitrogen and oxygen atoms in total. The van der Waals surface area contributed by atoms with Crippen molar-refractivity contribution < 1.29 is 19.1 Å². The Morgan fingerprint density at radius 3 is 2.19 bits per heavy atom. The largest absolute Gasteiger partial charge is 0.466 e. The second-order valence-electron chi connectivity index (χ2n) is 2.94. The third-order valence-electron chi connectivity index (χ3n) is 1.95. The van der Waals surface area contributed by atoms with Crippen LogP contribution in [0.25, 0.3) is 5.57 Å². The lowest BCUT2D eigenvalue weighted by atomic mass is 10.1. The van der Waals surface area contributed by atoms with E-state index in [4.69, 9.17) is 0 Å². The van der Waals surface area contributed by atoms with E-state index in [1.165, 1.54) is 14.2 Å². The van der Waals surface area contributed by atoms with Gasteiger partial charge in [0.15, 0.2) is 0 Å². The molecule has 0 amide bonds. The van der Waals surface area contributed by atoms with Gasteiger partial charge in [-0.15, -0.1) is 0 Å². The molecular formula is C12H12O4. The molecule has 4 heteroatoms. The van der Waals surface area contributed by atoms with E-state index in [9.17, 15) is 9.59 Å². The van der Waals surface area contributed by atoms with Gasteiger partial charge in [-0.2, -0.15) is 0 Å². The third kappa shape index (κ3) is 2.95. The number of hydrogen-bond donors (Lipinski definition) is 0. The van der Waals surface area contributed by atoms with Crippen molar-refractivity contribution in [3.63, 3.8) is 0 Å². The van der Waals surface area contributed by atoms with Gasteiger partial charge in [0.2, 0.25) is 0 Å². The van der Waals surface area contributed by atoms with Gasteiger partial charge in [-0.1, -0.05) is 30.3 Å². The van der Waals surface area contributed by atoms with Gasteiger partial charge in [0.1, 0.15) is 0 Å². The van der Waals surface area contributed by atoms with Crippen LogP contribution < -0.4 is 0 Å². The minimum atomic E-state index is -0.593. The molecular weight excluding hydrogens is 208 g/mol. The monoisotopic (exact) mass is 220 g/mol. The molecule has 0 aromatic heterocycles. The molecule has 16 heavy (non-hydrogen) atoms. The third-order valence-corrected chi connectivity index (χ3v) is 1.95. The lowest BCUT2D eigenvalue weighted by Crippen LogP contribution is -2.07. The number of esters is 2. The van der Waals surface area contributed by atoms with Gasteiger partial charge >= 0.3 is 11.9 Å². The number of methoxy groups -OCH3 is 2. The zero-order valence-corrected chi connectivity index (χ0v) is 9.10. The van der Waals surface area contributed by atoms with Gasteiger partial charge in [0, 0.05) is 6.08 Å². The van der Waals surface area contributed by atoms with Crippen molar-refractivity contribution in [2.24, 2.45) is 0 Å². The molecule has 0 bridgehead atoms. The van der Waals surface area contributed by atoms with Crippen LogP contribution in [-0.4, -0.2) is 26.2 Å². The Morgan fingerprint density at radius 1 is 1.06 bits per heavy atom. The first-order valence-corrected chi connectivity index (χ1v) is 4.62. The first kappa shape index (κ1) is 12.0. The van der Waals surface area contributed by atoms with Crippen molar-refractivity contribution >= 4 is 17.5 Å². The average molecular weight is 220 g/mol. The van der Waals surface area contributed by atoms with Crippen molar-refractivity contribution in [3.05, 3.63) is 42.0 Å². The van der Waals surface area contributed by atoms with Crippen LogP contribution in [-0.2, 0) is 19.1 Å². The maximum atomic E-state index is 11.5. The predicted molar refractivity (Wildman–Crippen MR) is 58.5 cm³/mol. The molecule has 0 saturated heterocycles. The lowest BCUT2D eigenvalue weighted by Gasteiger charge is -2.04. The van der Waals surface area contributed by atoms with Crippen LogP contribution in [0, 0.1) is 0 Å². The van der Waals surface area contributed by atoms with E-state index in [2.05, 4.69) is 9.47 Å². The zero-order valence-electron chi connectivity index (χ0n) is 9.10. The molecule has 0 saturated carbocycles. The molecule has 1 aromatic carbocycles. The van der Waals surface area contributed by atoms with Gasteiger partial charge < -0.3 is 9.47 Å². The van der Waals surface area contributed by atoms with E-state index < -0.39 is 11.9 Å². The molecule has 0 spiro atoms. The summed E-state index contributed by atoms with van der Waals surface area (Å²) in [7, 11) is 2.51. The summed E-state index contributed by atoms with van der Waals surface area (Å²) in [5.74, 6) is -1.17. The van der Waals surface area contributed by atoms with Crippen LogP contribution >= 0.6 is 0 Å². The number of benzene rings is 1. The SMILES string of the molecule is COC(=O)C=C(C(=O)OC)c1ccccc1. The normalized spacial score (nSPS) is 10.8. The standard InChI is InChI=1S/C12H12O4/c1-15-11(13)8-10(12(14)16-2)9-6-4-3-5-7-9/h3-8H,1-2H3. The van der Waals surface area contributed by atoms with Crippen molar-refractivity contribution in [2.75, 3.05) is 14.2 Å². The van der Waals surface area contributed by atoms with Crippen LogP contribution in [0.1, 0.15) is 5.56 Å². The molecule has 0 heterocycles. The molecule has 1 rings (SSSR count). The average Bonchev–Trinajstić information content (AvgIpc) is 2.35. The summed E-state index contributed by atoms with van der Waals surface area (Å²) >= 11 is 0. The molecule has 0 atom stereocenters. The van der Waals surface area contributed by atoms with Crippen LogP contribution in [0.15, 0.2) is 36.4 Å². The summed E-state index contributed by atoms with van der Waals surface area (Å²) in [6.07, 6.45) is 1.11. The summed E-state index contributed by atoms with van der Waals surface area (Å²) < 4.78 is 9.07. The van der Waals surface area contributed by atoms with E-state index in [1.807, 2.05) is 6.07 Å². The van der Waals surface area contributed by atoms with E-state index in [0.29, 0.717) is 5.56 Å².